The van der Waals surface area contributed by atoms with Gasteiger partial charge in [-0.3, -0.25) is 19.5 Å². The van der Waals surface area contributed by atoms with Crippen molar-refractivity contribution >= 4 is 17.4 Å². The molecule has 1 N–H and O–H groups in total. The summed E-state index contributed by atoms with van der Waals surface area (Å²) in [6.45, 7) is 7.74. The molecule has 0 aliphatic carbocycles. The van der Waals surface area contributed by atoms with Crippen LogP contribution in [0, 0.1) is 13.8 Å². The van der Waals surface area contributed by atoms with Gasteiger partial charge in [0, 0.05) is 44.1 Å². The van der Waals surface area contributed by atoms with Crippen LogP contribution in [-0.4, -0.2) is 71.0 Å². The van der Waals surface area contributed by atoms with Crippen LogP contribution in [0.1, 0.15) is 28.3 Å². The molecule has 7 heteroatoms. The summed E-state index contributed by atoms with van der Waals surface area (Å²) in [4.78, 5) is 34.1. The van der Waals surface area contributed by atoms with Crippen LogP contribution in [0.25, 0.3) is 5.76 Å². The average Bonchev–Trinajstić information content (AvgIpc) is 3.05. The van der Waals surface area contributed by atoms with Crippen LogP contribution < -0.4 is 0 Å². The van der Waals surface area contributed by atoms with Gasteiger partial charge in [0.05, 0.1) is 24.8 Å². The van der Waals surface area contributed by atoms with Crippen molar-refractivity contribution in [2.24, 2.45) is 0 Å². The topological polar surface area (TPSA) is 83.0 Å². The number of aliphatic hydroxyl groups is 1. The van der Waals surface area contributed by atoms with E-state index in [1.165, 1.54) is 0 Å². The van der Waals surface area contributed by atoms with Gasteiger partial charge in [0.15, 0.2) is 0 Å². The van der Waals surface area contributed by atoms with Crippen molar-refractivity contribution in [2.45, 2.75) is 19.9 Å². The minimum Gasteiger partial charge on any atom is -0.507 e. The maximum atomic E-state index is 13.1. The molecule has 2 aliphatic rings. The van der Waals surface area contributed by atoms with Crippen molar-refractivity contribution in [1.82, 2.24) is 14.8 Å². The van der Waals surface area contributed by atoms with E-state index in [9.17, 15) is 14.7 Å². The third-order valence-corrected chi connectivity index (χ3v) is 5.95. The highest BCUT2D eigenvalue weighted by Crippen LogP contribution is 2.39. The molecule has 1 atom stereocenters. The standard InChI is InChI=1S/C24H27N3O4/c1-16-5-6-17(2)19(14-16)22(28)20-21(18-4-3-7-25-15-18)27(24(30)23(20)29)9-8-26-10-12-31-13-11-26/h3-7,14-15,21,28H,8-13H2,1-2H3/t21-/m1/s1. The molecule has 2 fully saturated rings. The van der Waals surface area contributed by atoms with E-state index in [0.29, 0.717) is 37.4 Å². The van der Waals surface area contributed by atoms with Gasteiger partial charge in [0.1, 0.15) is 5.76 Å². The number of Topliss-reactive ketones (excluding diaryl/α,β-unsaturated/α-hetero) is 1. The number of likely N-dealkylation sites (tertiary alicyclic amines) is 1. The van der Waals surface area contributed by atoms with Gasteiger partial charge in [-0.1, -0.05) is 23.8 Å². The second kappa shape index (κ2) is 8.99. The Morgan fingerprint density at radius 1 is 1.16 bits per heavy atom. The van der Waals surface area contributed by atoms with Crippen LogP contribution >= 0.6 is 0 Å². The van der Waals surface area contributed by atoms with Gasteiger partial charge in [0.25, 0.3) is 11.7 Å². The Balaban J connectivity index is 1.75. The molecule has 0 unspecified atom stereocenters. The first-order chi connectivity index (χ1) is 15.0. The Labute approximate surface area is 182 Å². The number of ketones is 1. The molecule has 1 aromatic carbocycles. The fourth-order valence-corrected chi connectivity index (χ4v) is 4.20. The molecule has 1 aromatic heterocycles. The van der Waals surface area contributed by atoms with Crippen LogP contribution in [0.4, 0.5) is 0 Å². The van der Waals surface area contributed by atoms with E-state index >= 15 is 0 Å². The summed E-state index contributed by atoms with van der Waals surface area (Å²) in [5.41, 5.74) is 3.20. The third kappa shape index (κ3) is 4.24. The summed E-state index contributed by atoms with van der Waals surface area (Å²) in [7, 11) is 0. The van der Waals surface area contributed by atoms with Crippen LogP contribution in [0.15, 0.2) is 48.3 Å². The zero-order valence-electron chi connectivity index (χ0n) is 17.9. The van der Waals surface area contributed by atoms with E-state index < -0.39 is 17.7 Å². The monoisotopic (exact) mass is 421 g/mol. The lowest BCUT2D eigenvalue weighted by atomic mass is 9.94. The van der Waals surface area contributed by atoms with E-state index in [0.717, 1.165) is 24.2 Å². The number of ether oxygens (including phenoxy) is 1. The predicted molar refractivity (Wildman–Crippen MR) is 116 cm³/mol. The first-order valence-electron chi connectivity index (χ1n) is 10.5. The number of carbonyl (C=O) groups excluding carboxylic acids is 2. The number of morpholine rings is 1. The second-order valence-electron chi connectivity index (χ2n) is 8.05. The summed E-state index contributed by atoms with van der Waals surface area (Å²) in [5, 5.41) is 11.2. The molecule has 0 saturated carbocycles. The minimum absolute atomic E-state index is 0.119. The number of hydrogen-bond donors (Lipinski definition) is 1. The summed E-state index contributed by atoms with van der Waals surface area (Å²) < 4.78 is 5.39. The van der Waals surface area contributed by atoms with E-state index in [1.807, 2.05) is 38.1 Å². The largest absolute Gasteiger partial charge is 0.507 e. The van der Waals surface area contributed by atoms with Crippen LogP contribution in [0.3, 0.4) is 0 Å². The van der Waals surface area contributed by atoms with Crippen molar-refractivity contribution in [2.75, 3.05) is 39.4 Å². The number of aromatic nitrogens is 1. The number of aryl methyl sites for hydroxylation is 2. The molecule has 0 radical (unpaired) electrons. The molecular formula is C24H27N3O4. The van der Waals surface area contributed by atoms with Crippen LogP contribution in [-0.2, 0) is 14.3 Å². The smallest absolute Gasteiger partial charge is 0.295 e. The average molecular weight is 421 g/mol. The Kier molecular flexibility index (Phi) is 6.15. The molecule has 31 heavy (non-hydrogen) atoms. The van der Waals surface area contributed by atoms with Crippen LogP contribution in [0.5, 0.6) is 0 Å². The lowest BCUT2D eigenvalue weighted by Crippen LogP contribution is -2.42. The molecule has 2 aliphatic heterocycles. The molecule has 162 valence electrons. The Bertz CT molecular complexity index is 1010. The summed E-state index contributed by atoms with van der Waals surface area (Å²) in [6, 6.07) is 8.63. The molecule has 7 nitrogen and oxygen atoms in total. The van der Waals surface area contributed by atoms with Gasteiger partial charge < -0.3 is 14.7 Å². The van der Waals surface area contributed by atoms with Crippen molar-refractivity contribution < 1.29 is 19.4 Å². The summed E-state index contributed by atoms with van der Waals surface area (Å²) in [6.07, 6.45) is 3.29. The zero-order chi connectivity index (χ0) is 22.0. The Hall–Kier alpha value is -3.03. The van der Waals surface area contributed by atoms with Gasteiger partial charge in [-0.05, 0) is 37.1 Å². The van der Waals surface area contributed by atoms with E-state index in [-0.39, 0.29) is 11.3 Å². The molecule has 3 heterocycles. The highest BCUT2D eigenvalue weighted by Gasteiger charge is 2.46. The first kappa shape index (κ1) is 21.2. The Morgan fingerprint density at radius 2 is 1.94 bits per heavy atom. The maximum absolute atomic E-state index is 13.1. The molecule has 2 aromatic rings. The zero-order valence-corrected chi connectivity index (χ0v) is 17.9. The van der Waals surface area contributed by atoms with Gasteiger partial charge in [-0.2, -0.15) is 0 Å². The maximum Gasteiger partial charge on any atom is 0.295 e. The van der Waals surface area contributed by atoms with E-state index in [2.05, 4.69) is 9.88 Å². The SMILES string of the molecule is Cc1ccc(C)c(C(O)=C2C(=O)C(=O)N(CCN3CCOCC3)[C@@H]2c2cccnc2)c1. The summed E-state index contributed by atoms with van der Waals surface area (Å²) in [5.74, 6) is -1.38. The molecule has 0 bridgehead atoms. The first-order valence-corrected chi connectivity index (χ1v) is 10.5. The van der Waals surface area contributed by atoms with Gasteiger partial charge in [-0.15, -0.1) is 0 Å². The van der Waals surface area contributed by atoms with Crippen molar-refractivity contribution in [3.05, 3.63) is 70.6 Å². The fourth-order valence-electron chi connectivity index (χ4n) is 4.20. The van der Waals surface area contributed by atoms with E-state index in [1.54, 1.807) is 23.4 Å². The number of nitrogens with zero attached hydrogens (tertiary/aromatic N) is 3. The number of benzene rings is 1. The number of amides is 1. The molecular weight excluding hydrogens is 394 g/mol. The lowest BCUT2D eigenvalue weighted by Gasteiger charge is -2.30. The number of aliphatic hydroxyl groups excluding tert-OH is 1. The quantitative estimate of drug-likeness (QED) is 0.454. The number of rotatable bonds is 5. The lowest BCUT2D eigenvalue weighted by molar-refractivity contribution is -0.140. The second-order valence-corrected chi connectivity index (χ2v) is 8.05. The molecule has 4 rings (SSSR count). The summed E-state index contributed by atoms with van der Waals surface area (Å²) >= 11 is 0. The molecule has 0 spiro atoms. The predicted octanol–water partition coefficient (Wildman–Crippen LogP) is 2.45. The molecule has 1 amide bonds. The Morgan fingerprint density at radius 3 is 2.65 bits per heavy atom. The normalized spacial score (nSPS) is 21.6. The highest BCUT2D eigenvalue weighted by atomic mass is 16.5. The number of hydrogen-bond acceptors (Lipinski definition) is 6. The molecule has 2 saturated heterocycles. The number of pyridine rings is 1. The highest BCUT2D eigenvalue weighted by molar-refractivity contribution is 6.46. The van der Waals surface area contributed by atoms with Crippen molar-refractivity contribution in [1.29, 1.82) is 0 Å². The van der Waals surface area contributed by atoms with Gasteiger partial charge in [0.2, 0.25) is 0 Å². The van der Waals surface area contributed by atoms with Gasteiger partial charge in [-0.25, -0.2) is 0 Å². The van der Waals surface area contributed by atoms with E-state index in [4.69, 9.17) is 4.74 Å². The van der Waals surface area contributed by atoms with Crippen molar-refractivity contribution in [3.8, 4) is 0 Å². The number of carbonyl (C=O) groups is 2. The minimum atomic E-state index is -0.672. The van der Waals surface area contributed by atoms with Crippen LogP contribution in [0.2, 0.25) is 0 Å². The van der Waals surface area contributed by atoms with Crippen molar-refractivity contribution in [3.63, 3.8) is 0 Å². The third-order valence-electron chi connectivity index (χ3n) is 5.95. The fraction of sp³-hybridized carbons (Fsp3) is 0.375. The van der Waals surface area contributed by atoms with Gasteiger partial charge >= 0.3 is 0 Å².